The number of hydrogen-bond donors (Lipinski definition) is 1. The SMILES string of the molecule is CCNC(c1ccnnc1)c1sccc1Br. The van der Waals surface area contributed by atoms with Gasteiger partial charge in [0.05, 0.1) is 12.2 Å². The maximum Gasteiger partial charge on any atom is 0.0698 e. The van der Waals surface area contributed by atoms with Gasteiger partial charge < -0.3 is 5.32 Å². The van der Waals surface area contributed by atoms with E-state index in [0.29, 0.717) is 0 Å². The van der Waals surface area contributed by atoms with Gasteiger partial charge in [-0.3, -0.25) is 0 Å². The van der Waals surface area contributed by atoms with Crippen LogP contribution < -0.4 is 5.32 Å². The molecule has 0 fully saturated rings. The normalized spacial score (nSPS) is 12.6. The zero-order chi connectivity index (χ0) is 11.4. The smallest absolute Gasteiger partial charge is 0.0698 e. The van der Waals surface area contributed by atoms with Gasteiger partial charge in [-0.05, 0) is 45.6 Å². The average molecular weight is 298 g/mol. The Labute approximate surface area is 107 Å². The zero-order valence-corrected chi connectivity index (χ0v) is 11.3. The van der Waals surface area contributed by atoms with Crippen molar-refractivity contribution in [2.45, 2.75) is 13.0 Å². The summed E-state index contributed by atoms with van der Waals surface area (Å²) in [6.07, 6.45) is 3.53. The van der Waals surface area contributed by atoms with Crippen molar-refractivity contribution < 1.29 is 0 Å². The monoisotopic (exact) mass is 297 g/mol. The van der Waals surface area contributed by atoms with Crippen molar-refractivity contribution in [1.29, 1.82) is 0 Å². The van der Waals surface area contributed by atoms with Gasteiger partial charge in [-0.15, -0.1) is 11.3 Å². The minimum atomic E-state index is 0.190. The molecule has 1 N–H and O–H groups in total. The highest BCUT2D eigenvalue weighted by Crippen LogP contribution is 2.32. The number of hydrogen-bond acceptors (Lipinski definition) is 4. The minimum Gasteiger partial charge on any atom is -0.306 e. The fraction of sp³-hybridized carbons (Fsp3) is 0.273. The molecular weight excluding hydrogens is 286 g/mol. The van der Waals surface area contributed by atoms with Gasteiger partial charge in [0.1, 0.15) is 0 Å². The molecule has 0 aliphatic heterocycles. The number of thiophene rings is 1. The molecular formula is C11H12BrN3S. The van der Waals surface area contributed by atoms with Gasteiger partial charge in [0.15, 0.2) is 0 Å². The third kappa shape index (κ3) is 2.48. The van der Waals surface area contributed by atoms with E-state index in [1.54, 1.807) is 23.7 Å². The van der Waals surface area contributed by atoms with Crippen molar-refractivity contribution in [2.24, 2.45) is 0 Å². The van der Waals surface area contributed by atoms with E-state index in [-0.39, 0.29) is 6.04 Å². The second kappa shape index (κ2) is 5.52. The molecule has 2 rings (SSSR count). The summed E-state index contributed by atoms with van der Waals surface area (Å²) < 4.78 is 1.14. The van der Waals surface area contributed by atoms with E-state index in [4.69, 9.17) is 0 Å². The summed E-state index contributed by atoms with van der Waals surface area (Å²) in [7, 11) is 0. The summed E-state index contributed by atoms with van der Waals surface area (Å²) in [5, 5.41) is 13.3. The van der Waals surface area contributed by atoms with E-state index in [1.165, 1.54) is 4.88 Å². The summed E-state index contributed by atoms with van der Waals surface area (Å²) in [4.78, 5) is 1.27. The molecule has 2 aromatic rings. The van der Waals surface area contributed by atoms with E-state index in [1.807, 2.05) is 6.07 Å². The predicted octanol–water partition coefficient (Wildman–Crippen LogP) is 3.00. The van der Waals surface area contributed by atoms with Crippen molar-refractivity contribution in [3.63, 3.8) is 0 Å². The Morgan fingerprint density at radius 1 is 1.44 bits per heavy atom. The molecule has 0 aliphatic rings. The van der Waals surface area contributed by atoms with Gasteiger partial charge in [-0.1, -0.05) is 6.92 Å². The average Bonchev–Trinajstić information content (AvgIpc) is 2.73. The maximum atomic E-state index is 3.93. The first-order valence-corrected chi connectivity index (χ1v) is 6.73. The molecule has 1 unspecified atom stereocenters. The van der Waals surface area contributed by atoms with Gasteiger partial charge in [-0.2, -0.15) is 10.2 Å². The van der Waals surface area contributed by atoms with Gasteiger partial charge in [0.2, 0.25) is 0 Å². The van der Waals surface area contributed by atoms with Gasteiger partial charge in [-0.25, -0.2) is 0 Å². The molecule has 0 saturated carbocycles. The number of halogens is 1. The Bertz CT molecular complexity index is 444. The van der Waals surface area contributed by atoms with Crippen LogP contribution in [0.25, 0.3) is 0 Å². The molecule has 0 saturated heterocycles. The molecule has 1 atom stereocenters. The van der Waals surface area contributed by atoms with E-state index in [9.17, 15) is 0 Å². The molecule has 0 aromatic carbocycles. The van der Waals surface area contributed by atoms with E-state index >= 15 is 0 Å². The summed E-state index contributed by atoms with van der Waals surface area (Å²) in [6, 6.07) is 4.25. The number of aromatic nitrogens is 2. The molecule has 0 spiro atoms. The highest BCUT2D eigenvalue weighted by molar-refractivity contribution is 9.10. The molecule has 84 valence electrons. The van der Waals surface area contributed by atoms with Crippen LogP contribution in [0.5, 0.6) is 0 Å². The van der Waals surface area contributed by atoms with E-state index < -0.39 is 0 Å². The molecule has 0 amide bonds. The van der Waals surface area contributed by atoms with Crippen LogP contribution in [0.15, 0.2) is 34.4 Å². The molecule has 2 heterocycles. The largest absolute Gasteiger partial charge is 0.306 e. The zero-order valence-electron chi connectivity index (χ0n) is 8.85. The van der Waals surface area contributed by atoms with Crippen molar-refractivity contribution in [1.82, 2.24) is 15.5 Å². The highest BCUT2D eigenvalue weighted by Gasteiger charge is 2.17. The summed E-state index contributed by atoms with van der Waals surface area (Å²) in [5.41, 5.74) is 1.14. The maximum absolute atomic E-state index is 3.93. The number of nitrogens with one attached hydrogen (secondary N) is 1. The van der Waals surface area contributed by atoms with Crippen LogP contribution in [-0.2, 0) is 0 Å². The first-order chi connectivity index (χ1) is 7.83. The van der Waals surface area contributed by atoms with Crippen LogP contribution in [0.4, 0.5) is 0 Å². The van der Waals surface area contributed by atoms with Crippen LogP contribution in [-0.4, -0.2) is 16.7 Å². The molecule has 16 heavy (non-hydrogen) atoms. The lowest BCUT2D eigenvalue weighted by molar-refractivity contribution is 0.633. The first-order valence-electron chi connectivity index (χ1n) is 5.05. The Morgan fingerprint density at radius 2 is 2.31 bits per heavy atom. The van der Waals surface area contributed by atoms with Gasteiger partial charge in [0.25, 0.3) is 0 Å². The van der Waals surface area contributed by atoms with Crippen LogP contribution in [0.1, 0.15) is 23.4 Å². The van der Waals surface area contributed by atoms with Crippen LogP contribution >= 0.6 is 27.3 Å². The molecule has 0 radical (unpaired) electrons. The van der Waals surface area contributed by atoms with Crippen LogP contribution in [0.3, 0.4) is 0 Å². The minimum absolute atomic E-state index is 0.190. The second-order valence-corrected chi connectivity index (χ2v) is 5.10. The summed E-state index contributed by atoms with van der Waals surface area (Å²) in [5.74, 6) is 0. The van der Waals surface area contributed by atoms with E-state index in [0.717, 1.165) is 16.6 Å². The predicted molar refractivity (Wildman–Crippen MR) is 69.6 cm³/mol. The van der Waals surface area contributed by atoms with Crippen molar-refractivity contribution in [2.75, 3.05) is 6.54 Å². The Hall–Kier alpha value is -0.780. The lowest BCUT2D eigenvalue weighted by Gasteiger charge is -2.16. The molecule has 5 heteroatoms. The van der Waals surface area contributed by atoms with Gasteiger partial charge >= 0.3 is 0 Å². The van der Waals surface area contributed by atoms with E-state index in [2.05, 4.69) is 49.8 Å². The number of nitrogens with zero attached hydrogens (tertiary/aromatic N) is 2. The first kappa shape index (κ1) is 11.7. The Morgan fingerprint density at radius 3 is 2.88 bits per heavy atom. The molecule has 0 aliphatic carbocycles. The standard InChI is InChI=1S/C11H12BrN3S/c1-2-13-10(8-3-5-14-15-7-8)11-9(12)4-6-16-11/h3-7,10,13H,2H2,1H3. The van der Waals surface area contributed by atoms with Crippen LogP contribution in [0.2, 0.25) is 0 Å². The number of rotatable bonds is 4. The molecule has 0 bridgehead atoms. The van der Waals surface area contributed by atoms with Crippen molar-refractivity contribution >= 4 is 27.3 Å². The Kier molecular flexibility index (Phi) is 4.04. The fourth-order valence-corrected chi connectivity index (χ4v) is 3.25. The third-order valence-electron chi connectivity index (χ3n) is 2.26. The van der Waals surface area contributed by atoms with Gasteiger partial charge in [0, 0.05) is 15.5 Å². The Balaban J connectivity index is 2.35. The topological polar surface area (TPSA) is 37.8 Å². The highest BCUT2D eigenvalue weighted by atomic mass is 79.9. The third-order valence-corrected chi connectivity index (χ3v) is 4.19. The lowest BCUT2D eigenvalue weighted by Crippen LogP contribution is -2.21. The quantitative estimate of drug-likeness (QED) is 0.943. The molecule has 2 aromatic heterocycles. The molecule has 3 nitrogen and oxygen atoms in total. The second-order valence-electron chi connectivity index (χ2n) is 3.30. The van der Waals surface area contributed by atoms with Crippen molar-refractivity contribution in [3.05, 3.63) is 44.8 Å². The summed E-state index contributed by atoms with van der Waals surface area (Å²) in [6.45, 7) is 3.01. The van der Waals surface area contributed by atoms with Crippen molar-refractivity contribution in [3.8, 4) is 0 Å². The summed E-state index contributed by atoms with van der Waals surface area (Å²) >= 11 is 5.30. The lowest BCUT2D eigenvalue weighted by atomic mass is 10.1. The van der Waals surface area contributed by atoms with Crippen LogP contribution in [0, 0.1) is 0 Å². The fourth-order valence-electron chi connectivity index (χ4n) is 1.55.